The van der Waals surface area contributed by atoms with E-state index in [4.69, 9.17) is 4.74 Å². The van der Waals surface area contributed by atoms with Crippen molar-refractivity contribution in [2.24, 2.45) is 0 Å². The monoisotopic (exact) mass is 376 g/mol. The second-order valence-electron chi connectivity index (χ2n) is 5.87. The van der Waals surface area contributed by atoms with E-state index in [0.717, 1.165) is 5.75 Å². The van der Waals surface area contributed by atoms with Crippen LogP contribution in [0.5, 0.6) is 5.75 Å². The molecule has 0 amide bonds. The minimum atomic E-state index is -0.218. The SMILES string of the molecule is COc1ccc(C2=C(c3ccccc3)C2(Br)c2ccccc2)cc1. The van der Waals surface area contributed by atoms with E-state index >= 15 is 0 Å². The Kier molecular flexibility index (Phi) is 3.78. The van der Waals surface area contributed by atoms with Crippen LogP contribution in [0.3, 0.4) is 0 Å². The summed E-state index contributed by atoms with van der Waals surface area (Å²) in [5.41, 5.74) is 6.39. The highest BCUT2D eigenvalue weighted by Gasteiger charge is 2.53. The summed E-state index contributed by atoms with van der Waals surface area (Å²) in [6.45, 7) is 0. The lowest BCUT2D eigenvalue weighted by Gasteiger charge is -2.14. The van der Waals surface area contributed by atoms with Crippen LogP contribution < -0.4 is 4.74 Å². The molecule has 24 heavy (non-hydrogen) atoms. The number of ether oxygens (including phenoxy) is 1. The average Bonchev–Trinajstić information content (AvgIpc) is 3.30. The number of hydrogen-bond donors (Lipinski definition) is 0. The molecule has 0 bridgehead atoms. The van der Waals surface area contributed by atoms with Crippen LogP contribution in [0.25, 0.3) is 11.1 Å². The van der Waals surface area contributed by atoms with Gasteiger partial charge in [-0.05, 0) is 40.0 Å². The van der Waals surface area contributed by atoms with Gasteiger partial charge in [0.1, 0.15) is 10.1 Å². The molecule has 0 N–H and O–H groups in total. The van der Waals surface area contributed by atoms with Crippen LogP contribution in [0.4, 0.5) is 0 Å². The highest BCUT2D eigenvalue weighted by molar-refractivity contribution is 9.10. The Bertz CT molecular complexity index is 882. The van der Waals surface area contributed by atoms with Crippen molar-refractivity contribution in [1.82, 2.24) is 0 Å². The van der Waals surface area contributed by atoms with Gasteiger partial charge in [0.05, 0.1) is 7.11 Å². The van der Waals surface area contributed by atoms with Crippen LogP contribution in [0.1, 0.15) is 16.7 Å². The third-order valence-electron chi connectivity index (χ3n) is 4.49. The van der Waals surface area contributed by atoms with E-state index in [1.165, 1.54) is 27.8 Å². The number of methoxy groups -OCH3 is 1. The maximum absolute atomic E-state index is 5.29. The summed E-state index contributed by atoms with van der Waals surface area (Å²) in [5.74, 6) is 0.876. The molecule has 4 rings (SSSR count). The van der Waals surface area contributed by atoms with Crippen molar-refractivity contribution in [2.45, 2.75) is 4.32 Å². The number of benzene rings is 3. The zero-order chi connectivity index (χ0) is 16.6. The Morgan fingerprint density at radius 2 is 1.17 bits per heavy atom. The lowest BCUT2D eigenvalue weighted by atomic mass is 10.0. The van der Waals surface area contributed by atoms with E-state index in [9.17, 15) is 0 Å². The van der Waals surface area contributed by atoms with Gasteiger partial charge < -0.3 is 4.74 Å². The molecule has 3 aromatic carbocycles. The molecule has 1 atom stereocenters. The van der Waals surface area contributed by atoms with Gasteiger partial charge in [-0.1, -0.05) is 88.7 Å². The van der Waals surface area contributed by atoms with E-state index in [1.807, 2.05) is 12.1 Å². The zero-order valence-electron chi connectivity index (χ0n) is 13.4. The van der Waals surface area contributed by atoms with Crippen molar-refractivity contribution in [2.75, 3.05) is 7.11 Å². The van der Waals surface area contributed by atoms with E-state index in [2.05, 4.69) is 88.7 Å². The number of allylic oxidation sites excluding steroid dienone is 2. The van der Waals surface area contributed by atoms with E-state index in [1.54, 1.807) is 7.11 Å². The minimum absolute atomic E-state index is 0.218. The predicted molar refractivity (Wildman–Crippen MR) is 103 cm³/mol. The Labute approximate surface area is 150 Å². The molecule has 0 aliphatic heterocycles. The van der Waals surface area contributed by atoms with Crippen molar-refractivity contribution in [3.63, 3.8) is 0 Å². The molecule has 1 unspecified atom stereocenters. The van der Waals surface area contributed by atoms with Gasteiger partial charge in [0.2, 0.25) is 0 Å². The van der Waals surface area contributed by atoms with Crippen molar-refractivity contribution >= 4 is 27.1 Å². The van der Waals surface area contributed by atoms with Crippen LogP contribution in [0, 0.1) is 0 Å². The Balaban J connectivity index is 1.84. The molecule has 1 nitrogen and oxygen atoms in total. The number of alkyl halides is 1. The first kappa shape index (κ1) is 15.2. The summed E-state index contributed by atoms with van der Waals surface area (Å²) < 4.78 is 5.07. The van der Waals surface area contributed by atoms with Crippen LogP contribution >= 0.6 is 15.9 Å². The zero-order valence-corrected chi connectivity index (χ0v) is 15.0. The van der Waals surface area contributed by atoms with Gasteiger partial charge in [-0.2, -0.15) is 0 Å². The predicted octanol–water partition coefficient (Wildman–Crippen LogP) is 5.91. The van der Waals surface area contributed by atoms with Crippen LogP contribution in [0.2, 0.25) is 0 Å². The summed E-state index contributed by atoms with van der Waals surface area (Å²) in [5, 5.41) is 0. The van der Waals surface area contributed by atoms with E-state index in [0.29, 0.717) is 0 Å². The number of halogens is 1. The first-order valence-electron chi connectivity index (χ1n) is 7.94. The lowest BCUT2D eigenvalue weighted by molar-refractivity contribution is 0.415. The van der Waals surface area contributed by atoms with Crippen molar-refractivity contribution in [3.05, 3.63) is 102 Å². The molecule has 0 saturated heterocycles. The number of rotatable bonds is 4. The standard InChI is InChI=1S/C22H17BrO/c1-24-19-14-12-17(13-15-19)21-20(16-8-4-2-5-9-16)22(21,23)18-10-6-3-7-11-18/h2-15H,1H3. The van der Waals surface area contributed by atoms with Crippen LogP contribution in [-0.2, 0) is 4.32 Å². The molecule has 1 aliphatic carbocycles. The first-order chi connectivity index (χ1) is 11.7. The maximum Gasteiger partial charge on any atom is 0.118 e. The smallest absolute Gasteiger partial charge is 0.118 e. The molecule has 1 aliphatic rings. The van der Waals surface area contributed by atoms with Gasteiger partial charge in [0.25, 0.3) is 0 Å². The molecule has 0 aromatic heterocycles. The number of hydrogen-bond acceptors (Lipinski definition) is 1. The molecular formula is C22H17BrO. The molecule has 0 fully saturated rings. The molecule has 118 valence electrons. The average molecular weight is 377 g/mol. The van der Waals surface area contributed by atoms with Gasteiger partial charge in [-0.15, -0.1) is 0 Å². The van der Waals surface area contributed by atoms with Crippen molar-refractivity contribution in [3.8, 4) is 5.75 Å². The highest BCUT2D eigenvalue weighted by Crippen LogP contribution is 2.68. The first-order valence-corrected chi connectivity index (χ1v) is 8.74. The molecule has 2 heteroatoms. The van der Waals surface area contributed by atoms with Gasteiger partial charge in [-0.25, -0.2) is 0 Å². The molecular weight excluding hydrogens is 360 g/mol. The summed E-state index contributed by atoms with van der Waals surface area (Å²) in [4.78, 5) is 0. The fourth-order valence-electron chi connectivity index (χ4n) is 3.26. The van der Waals surface area contributed by atoms with Gasteiger partial charge >= 0.3 is 0 Å². The normalized spacial score (nSPS) is 19.2. The van der Waals surface area contributed by atoms with Gasteiger partial charge in [0.15, 0.2) is 0 Å². The fraction of sp³-hybridized carbons (Fsp3) is 0.0909. The molecule has 0 saturated carbocycles. The van der Waals surface area contributed by atoms with Crippen LogP contribution in [-0.4, -0.2) is 7.11 Å². The van der Waals surface area contributed by atoms with Gasteiger partial charge in [0, 0.05) is 0 Å². The third kappa shape index (κ3) is 2.38. The van der Waals surface area contributed by atoms with E-state index in [-0.39, 0.29) is 4.32 Å². The molecule has 0 heterocycles. The Hall–Kier alpha value is -2.32. The van der Waals surface area contributed by atoms with Crippen LogP contribution in [0.15, 0.2) is 84.9 Å². The Morgan fingerprint density at radius 1 is 0.667 bits per heavy atom. The third-order valence-corrected chi connectivity index (χ3v) is 5.74. The lowest BCUT2D eigenvalue weighted by Crippen LogP contribution is -2.03. The summed E-state index contributed by atoms with van der Waals surface area (Å²) in [6.07, 6.45) is 0. The Morgan fingerprint density at radius 3 is 1.71 bits per heavy atom. The molecule has 3 aromatic rings. The van der Waals surface area contributed by atoms with Crippen molar-refractivity contribution in [1.29, 1.82) is 0 Å². The summed E-state index contributed by atoms with van der Waals surface area (Å²) in [7, 11) is 1.69. The molecule has 0 spiro atoms. The topological polar surface area (TPSA) is 9.23 Å². The largest absolute Gasteiger partial charge is 0.497 e. The summed E-state index contributed by atoms with van der Waals surface area (Å²) in [6, 6.07) is 29.4. The summed E-state index contributed by atoms with van der Waals surface area (Å²) >= 11 is 4.03. The molecule has 0 radical (unpaired) electrons. The minimum Gasteiger partial charge on any atom is -0.497 e. The fourth-order valence-corrected chi connectivity index (χ4v) is 4.28. The van der Waals surface area contributed by atoms with Crippen molar-refractivity contribution < 1.29 is 4.74 Å². The quantitative estimate of drug-likeness (QED) is 0.514. The maximum atomic E-state index is 5.29. The second-order valence-corrected chi connectivity index (χ2v) is 7.06. The van der Waals surface area contributed by atoms with Gasteiger partial charge in [-0.3, -0.25) is 0 Å². The van der Waals surface area contributed by atoms with E-state index < -0.39 is 0 Å². The highest BCUT2D eigenvalue weighted by atomic mass is 79.9. The second kappa shape index (κ2) is 5.95.